The molecule has 0 spiro atoms. The second-order valence-electron chi connectivity index (χ2n) is 6.04. The van der Waals surface area contributed by atoms with E-state index in [0.29, 0.717) is 41.3 Å². The number of urea groups is 1. The van der Waals surface area contributed by atoms with E-state index in [1.165, 1.54) is 18.4 Å². The summed E-state index contributed by atoms with van der Waals surface area (Å²) in [5.74, 6) is 2.55. The summed E-state index contributed by atoms with van der Waals surface area (Å²) in [5.41, 5.74) is 2.15. The average Bonchev–Trinajstić information content (AvgIpc) is 3.22. The number of nitrogens with zero attached hydrogens (tertiary/aromatic N) is 1. The predicted octanol–water partition coefficient (Wildman–Crippen LogP) is 4.24. The molecule has 1 aliphatic heterocycles. The molecular weight excluding hydrogens is 394 g/mol. The van der Waals surface area contributed by atoms with Gasteiger partial charge in [0.05, 0.1) is 25.6 Å². The smallest absolute Gasteiger partial charge is 0.325 e. The first-order valence-corrected chi connectivity index (χ1v) is 9.70. The van der Waals surface area contributed by atoms with Gasteiger partial charge in [0.2, 0.25) is 0 Å². The molecular formula is C20H19N3O5S. The van der Waals surface area contributed by atoms with Crippen LogP contribution in [0.3, 0.4) is 0 Å². The third-order valence-corrected chi connectivity index (χ3v) is 4.98. The van der Waals surface area contributed by atoms with Gasteiger partial charge in [-0.1, -0.05) is 0 Å². The van der Waals surface area contributed by atoms with Crippen LogP contribution in [0, 0.1) is 0 Å². The van der Waals surface area contributed by atoms with Crippen LogP contribution in [0.15, 0.2) is 41.8 Å². The third kappa shape index (κ3) is 4.19. The summed E-state index contributed by atoms with van der Waals surface area (Å²) in [7, 11) is 3.09. The number of benzene rings is 2. The standard InChI is InChI=1S/C20H19N3O5S/c1-25-13-4-5-14(17(10-13)26-2)21-19(24)23-20-22-15(11-29-20)12-3-6-16-18(9-12)28-8-7-27-16/h3-6,9-11H,7-8H2,1-2H3,(H2,21,22,23,24). The van der Waals surface area contributed by atoms with Crippen LogP contribution in [0.2, 0.25) is 0 Å². The lowest BCUT2D eigenvalue weighted by Crippen LogP contribution is -2.19. The van der Waals surface area contributed by atoms with Crippen LogP contribution in [0.1, 0.15) is 0 Å². The van der Waals surface area contributed by atoms with Crippen molar-refractivity contribution in [2.75, 3.05) is 38.1 Å². The van der Waals surface area contributed by atoms with Gasteiger partial charge in [-0.25, -0.2) is 9.78 Å². The lowest BCUT2D eigenvalue weighted by Gasteiger charge is -2.18. The largest absolute Gasteiger partial charge is 0.497 e. The van der Waals surface area contributed by atoms with E-state index < -0.39 is 6.03 Å². The highest BCUT2D eigenvalue weighted by atomic mass is 32.1. The number of anilines is 2. The molecule has 1 aromatic heterocycles. The van der Waals surface area contributed by atoms with E-state index in [2.05, 4.69) is 15.6 Å². The van der Waals surface area contributed by atoms with Crippen LogP contribution in [0.5, 0.6) is 23.0 Å². The molecule has 2 N–H and O–H groups in total. The SMILES string of the molecule is COc1ccc(NC(=O)Nc2nc(-c3ccc4c(c3)OCCO4)cs2)c(OC)c1. The van der Waals surface area contributed by atoms with Crippen molar-refractivity contribution < 1.29 is 23.7 Å². The van der Waals surface area contributed by atoms with Crippen LogP contribution in [-0.4, -0.2) is 38.4 Å². The second-order valence-corrected chi connectivity index (χ2v) is 6.90. The molecule has 0 saturated carbocycles. The molecule has 4 rings (SSSR count). The maximum Gasteiger partial charge on any atom is 0.325 e. The fraction of sp³-hybridized carbons (Fsp3) is 0.200. The van der Waals surface area contributed by atoms with Crippen molar-refractivity contribution >= 4 is 28.2 Å². The Morgan fingerprint density at radius 1 is 1.03 bits per heavy atom. The number of amides is 2. The highest BCUT2D eigenvalue weighted by Gasteiger charge is 2.15. The highest BCUT2D eigenvalue weighted by molar-refractivity contribution is 7.14. The average molecular weight is 413 g/mol. The monoisotopic (exact) mass is 413 g/mol. The third-order valence-electron chi connectivity index (χ3n) is 4.22. The van der Waals surface area contributed by atoms with Gasteiger partial charge in [-0.2, -0.15) is 0 Å². The lowest BCUT2D eigenvalue weighted by atomic mass is 10.1. The number of ether oxygens (including phenoxy) is 4. The fourth-order valence-electron chi connectivity index (χ4n) is 2.82. The number of rotatable bonds is 5. The molecule has 8 nitrogen and oxygen atoms in total. The normalized spacial score (nSPS) is 12.2. The molecule has 2 heterocycles. The molecule has 1 aliphatic rings. The summed E-state index contributed by atoms with van der Waals surface area (Å²) in [6, 6.07) is 10.4. The zero-order valence-corrected chi connectivity index (χ0v) is 16.7. The summed E-state index contributed by atoms with van der Waals surface area (Å²) in [6.45, 7) is 1.07. The lowest BCUT2D eigenvalue weighted by molar-refractivity contribution is 0.171. The Labute approximate surface area is 171 Å². The van der Waals surface area contributed by atoms with E-state index in [1.807, 2.05) is 23.6 Å². The molecule has 0 atom stereocenters. The topological polar surface area (TPSA) is 90.9 Å². The first-order valence-electron chi connectivity index (χ1n) is 8.82. The number of hydrogen-bond donors (Lipinski definition) is 2. The van der Waals surface area contributed by atoms with Crippen LogP contribution < -0.4 is 29.6 Å². The Balaban J connectivity index is 1.45. The summed E-state index contributed by atoms with van der Waals surface area (Å²) in [5, 5.41) is 7.83. The number of thiazole rings is 1. The van der Waals surface area contributed by atoms with Crippen molar-refractivity contribution in [3.05, 3.63) is 41.8 Å². The van der Waals surface area contributed by atoms with E-state index in [-0.39, 0.29) is 0 Å². The highest BCUT2D eigenvalue weighted by Crippen LogP contribution is 2.35. The van der Waals surface area contributed by atoms with E-state index in [0.717, 1.165) is 17.0 Å². The number of fused-ring (bicyclic) bond motifs is 1. The van der Waals surface area contributed by atoms with E-state index in [1.54, 1.807) is 25.3 Å². The molecule has 150 valence electrons. The molecule has 0 unspecified atom stereocenters. The van der Waals surface area contributed by atoms with Crippen molar-refractivity contribution in [2.24, 2.45) is 0 Å². The molecule has 2 aromatic carbocycles. The van der Waals surface area contributed by atoms with Crippen molar-refractivity contribution in [1.82, 2.24) is 4.98 Å². The van der Waals surface area contributed by atoms with Crippen molar-refractivity contribution in [3.8, 4) is 34.3 Å². The first-order chi connectivity index (χ1) is 14.2. The van der Waals surface area contributed by atoms with Gasteiger partial charge < -0.3 is 24.3 Å². The number of nitrogens with one attached hydrogen (secondary N) is 2. The summed E-state index contributed by atoms with van der Waals surface area (Å²) in [4.78, 5) is 16.8. The van der Waals surface area contributed by atoms with Gasteiger partial charge >= 0.3 is 6.03 Å². The van der Waals surface area contributed by atoms with E-state index >= 15 is 0 Å². The van der Waals surface area contributed by atoms with Crippen LogP contribution in [0.25, 0.3) is 11.3 Å². The summed E-state index contributed by atoms with van der Waals surface area (Å²) >= 11 is 1.33. The fourth-order valence-corrected chi connectivity index (χ4v) is 3.53. The van der Waals surface area contributed by atoms with Gasteiger partial charge in [-0.05, 0) is 30.3 Å². The number of hydrogen-bond acceptors (Lipinski definition) is 7. The molecule has 0 fully saturated rings. The quantitative estimate of drug-likeness (QED) is 0.650. The summed E-state index contributed by atoms with van der Waals surface area (Å²) in [6.07, 6.45) is 0. The molecule has 0 bridgehead atoms. The summed E-state index contributed by atoms with van der Waals surface area (Å²) < 4.78 is 21.6. The Kier molecular flexibility index (Phi) is 5.39. The maximum atomic E-state index is 12.4. The van der Waals surface area contributed by atoms with Gasteiger partial charge in [0.25, 0.3) is 0 Å². The van der Waals surface area contributed by atoms with Gasteiger partial charge in [0, 0.05) is 17.0 Å². The van der Waals surface area contributed by atoms with Gasteiger partial charge in [0.15, 0.2) is 16.6 Å². The molecule has 3 aromatic rings. The van der Waals surface area contributed by atoms with Crippen LogP contribution in [0.4, 0.5) is 15.6 Å². The van der Waals surface area contributed by atoms with Gasteiger partial charge in [-0.3, -0.25) is 5.32 Å². The van der Waals surface area contributed by atoms with E-state index in [4.69, 9.17) is 18.9 Å². The first kappa shape index (κ1) is 18.9. The van der Waals surface area contributed by atoms with Crippen molar-refractivity contribution in [3.63, 3.8) is 0 Å². The Morgan fingerprint density at radius 2 is 1.86 bits per heavy atom. The molecule has 0 aliphatic carbocycles. The van der Waals surface area contributed by atoms with Gasteiger partial charge in [0.1, 0.15) is 24.7 Å². The minimum absolute atomic E-state index is 0.420. The van der Waals surface area contributed by atoms with E-state index in [9.17, 15) is 4.79 Å². The minimum Gasteiger partial charge on any atom is -0.497 e. The predicted molar refractivity (Wildman–Crippen MR) is 111 cm³/mol. The number of aromatic nitrogens is 1. The van der Waals surface area contributed by atoms with Crippen molar-refractivity contribution in [2.45, 2.75) is 0 Å². The van der Waals surface area contributed by atoms with Crippen LogP contribution in [-0.2, 0) is 0 Å². The molecule has 2 amide bonds. The zero-order valence-electron chi connectivity index (χ0n) is 15.9. The number of carbonyl (C=O) groups excluding carboxylic acids is 1. The minimum atomic E-state index is -0.420. The molecule has 9 heteroatoms. The zero-order chi connectivity index (χ0) is 20.2. The maximum absolute atomic E-state index is 12.4. The Bertz CT molecular complexity index is 1040. The number of carbonyl (C=O) groups is 1. The molecule has 29 heavy (non-hydrogen) atoms. The molecule has 0 saturated heterocycles. The van der Waals surface area contributed by atoms with Gasteiger partial charge in [-0.15, -0.1) is 11.3 Å². The number of methoxy groups -OCH3 is 2. The molecule has 0 radical (unpaired) electrons. The van der Waals surface area contributed by atoms with Crippen LogP contribution >= 0.6 is 11.3 Å². The van der Waals surface area contributed by atoms with Crippen molar-refractivity contribution in [1.29, 1.82) is 0 Å². The second kappa shape index (κ2) is 8.27. The Morgan fingerprint density at radius 3 is 2.66 bits per heavy atom. The Hall–Kier alpha value is -3.46.